The van der Waals surface area contributed by atoms with Gasteiger partial charge in [0, 0.05) is 13.3 Å². The molecule has 0 N–H and O–H groups in total. The molecule has 0 radical (unpaired) electrons. The Kier molecular flexibility index (Phi) is 3.67. The first-order valence-corrected chi connectivity index (χ1v) is 2.88. The van der Waals surface area contributed by atoms with Crippen LogP contribution in [0.4, 0.5) is 0 Å². The van der Waals surface area contributed by atoms with E-state index >= 15 is 0 Å². The Morgan fingerprint density at radius 3 is 2.33 bits per heavy atom. The maximum Gasteiger partial charge on any atom is 0.313 e. The molecule has 0 aromatic rings. The molecule has 0 saturated heterocycles. The smallest absolute Gasteiger partial charge is 0.313 e. The summed E-state index contributed by atoms with van der Waals surface area (Å²) in [6.45, 7) is 3.06. The number of rotatable bonds is 2. The molecular formula is C6H10O3. The van der Waals surface area contributed by atoms with Crippen LogP contribution in [-0.4, -0.2) is 11.9 Å². The van der Waals surface area contributed by atoms with Crippen LogP contribution < -0.4 is 0 Å². The molecule has 0 heterocycles. The van der Waals surface area contributed by atoms with E-state index in [1.807, 2.05) is 6.92 Å². The van der Waals surface area contributed by atoms with Gasteiger partial charge in [-0.15, -0.1) is 0 Å². The normalized spacial score (nSPS) is 8.67. The van der Waals surface area contributed by atoms with Crippen LogP contribution in [0.2, 0.25) is 0 Å². The second-order valence-electron chi connectivity index (χ2n) is 1.72. The molecule has 0 unspecified atom stereocenters. The highest BCUT2D eigenvalue weighted by molar-refractivity contribution is 5.83. The number of esters is 2. The lowest BCUT2D eigenvalue weighted by atomic mass is 10.3. The molecule has 0 aromatic carbocycles. The van der Waals surface area contributed by atoms with E-state index in [1.54, 1.807) is 0 Å². The average molecular weight is 130 g/mol. The molecule has 0 atom stereocenters. The summed E-state index contributed by atoms with van der Waals surface area (Å²) in [6.07, 6.45) is 1.03. The molecule has 0 rings (SSSR count). The third kappa shape index (κ3) is 5.00. The Labute approximate surface area is 54.0 Å². The molecule has 0 fully saturated rings. The van der Waals surface area contributed by atoms with Crippen LogP contribution in [0.5, 0.6) is 0 Å². The monoisotopic (exact) mass is 130 g/mol. The lowest BCUT2D eigenvalue weighted by Crippen LogP contribution is -2.07. The quantitative estimate of drug-likeness (QED) is 0.411. The highest BCUT2D eigenvalue weighted by atomic mass is 16.6. The maximum absolute atomic E-state index is 10.4. The molecule has 3 heteroatoms. The number of ether oxygens (including phenoxy) is 1. The van der Waals surface area contributed by atoms with Crippen molar-refractivity contribution in [2.45, 2.75) is 26.7 Å². The van der Waals surface area contributed by atoms with Gasteiger partial charge >= 0.3 is 11.9 Å². The summed E-state index contributed by atoms with van der Waals surface area (Å²) in [7, 11) is 0. The van der Waals surface area contributed by atoms with Gasteiger partial charge < -0.3 is 4.74 Å². The fourth-order valence-corrected chi connectivity index (χ4v) is 0.415. The summed E-state index contributed by atoms with van der Waals surface area (Å²) in [5.74, 6) is -0.974. The molecule has 0 amide bonds. The standard InChI is InChI=1S/C6H10O3/c1-3-4-6(8)9-5(2)7/h3-4H2,1-2H3. The van der Waals surface area contributed by atoms with E-state index in [4.69, 9.17) is 0 Å². The first-order chi connectivity index (χ1) is 4.16. The van der Waals surface area contributed by atoms with Crippen LogP contribution in [0.25, 0.3) is 0 Å². The minimum absolute atomic E-state index is 0.319. The van der Waals surface area contributed by atoms with Gasteiger partial charge in [0.2, 0.25) is 0 Å². The van der Waals surface area contributed by atoms with Crippen molar-refractivity contribution in [2.24, 2.45) is 0 Å². The molecular weight excluding hydrogens is 120 g/mol. The van der Waals surface area contributed by atoms with Gasteiger partial charge in [-0.2, -0.15) is 0 Å². The van der Waals surface area contributed by atoms with E-state index < -0.39 is 11.9 Å². The van der Waals surface area contributed by atoms with Crippen LogP contribution in [0.15, 0.2) is 0 Å². The zero-order valence-corrected chi connectivity index (χ0v) is 5.64. The van der Waals surface area contributed by atoms with Gasteiger partial charge in [-0.05, 0) is 6.42 Å². The molecule has 9 heavy (non-hydrogen) atoms. The van der Waals surface area contributed by atoms with Crippen molar-refractivity contribution in [1.82, 2.24) is 0 Å². The number of hydrogen-bond acceptors (Lipinski definition) is 3. The molecule has 0 saturated carbocycles. The topological polar surface area (TPSA) is 43.4 Å². The largest absolute Gasteiger partial charge is 0.393 e. The van der Waals surface area contributed by atoms with Crippen molar-refractivity contribution < 1.29 is 14.3 Å². The molecule has 52 valence electrons. The Balaban J connectivity index is 3.39. The van der Waals surface area contributed by atoms with E-state index in [1.165, 1.54) is 6.92 Å². The summed E-state index contributed by atoms with van der Waals surface area (Å²) < 4.78 is 4.21. The molecule has 0 spiro atoms. The van der Waals surface area contributed by atoms with E-state index in [9.17, 15) is 9.59 Å². The second kappa shape index (κ2) is 4.06. The highest BCUT2D eigenvalue weighted by Gasteiger charge is 2.02. The van der Waals surface area contributed by atoms with Crippen molar-refractivity contribution in [2.75, 3.05) is 0 Å². The van der Waals surface area contributed by atoms with E-state index in [2.05, 4.69) is 4.74 Å². The van der Waals surface area contributed by atoms with Gasteiger partial charge in [0.05, 0.1) is 0 Å². The van der Waals surface area contributed by atoms with Gasteiger partial charge in [0.15, 0.2) is 0 Å². The zero-order valence-electron chi connectivity index (χ0n) is 5.64. The number of hydrogen-bond donors (Lipinski definition) is 0. The van der Waals surface area contributed by atoms with Gasteiger partial charge in [0.25, 0.3) is 0 Å². The third-order valence-corrected chi connectivity index (χ3v) is 0.712. The third-order valence-electron chi connectivity index (χ3n) is 0.712. The minimum Gasteiger partial charge on any atom is -0.393 e. The summed E-state index contributed by atoms with van der Waals surface area (Å²) in [5.41, 5.74) is 0. The molecule has 0 aliphatic rings. The van der Waals surface area contributed by atoms with Gasteiger partial charge in [-0.1, -0.05) is 6.92 Å². The molecule has 0 aliphatic carbocycles. The highest BCUT2D eigenvalue weighted by Crippen LogP contribution is 1.90. The Hall–Kier alpha value is -0.860. The summed E-state index contributed by atoms with van der Waals surface area (Å²) in [5, 5.41) is 0. The minimum atomic E-state index is -0.534. The van der Waals surface area contributed by atoms with Gasteiger partial charge in [-0.3, -0.25) is 9.59 Å². The maximum atomic E-state index is 10.4. The lowest BCUT2D eigenvalue weighted by molar-refractivity contribution is -0.158. The predicted molar refractivity (Wildman–Crippen MR) is 31.7 cm³/mol. The van der Waals surface area contributed by atoms with Crippen molar-refractivity contribution in [3.63, 3.8) is 0 Å². The molecule has 0 bridgehead atoms. The van der Waals surface area contributed by atoms with Crippen molar-refractivity contribution in [1.29, 1.82) is 0 Å². The fraction of sp³-hybridized carbons (Fsp3) is 0.667. The summed E-state index contributed by atoms with van der Waals surface area (Å²) in [6, 6.07) is 0. The first-order valence-electron chi connectivity index (χ1n) is 2.88. The van der Waals surface area contributed by atoms with Crippen LogP contribution in [0.3, 0.4) is 0 Å². The molecule has 0 aromatic heterocycles. The van der Waals surface area contributed by atoms with E-state index in [0.717, 1.165) is 0 Å². The number of carbonyl (C=O) groups excluding carboxylic acids is 2. The zero-order chi connectivity index (χ0) is 7.28. The van der Waals surface area contributed by atoms with Crippen LogP contribution >= 0.6 is 0 Å². The fourth-order valence-electron chi connectivity index (χ4n) is 0.415. The molecule has 3 nitrogen and oxygen atoms in total. The SMILES string of the molecule is CCCC(=O)OC(C)=O. The lowest BCUT2D eigenvalue weighted by Gasteiger charge is -1.94. The van der Waals surface area contributed by atoms with Crippen molar-refractivity contribution in [3.05, 3.63) is 0 Å². The Morgan fingerprint density at radius 2 is 2.00 bits per heavy atom. The van der Waals surface area contributed by atoms with Crippen LogP contribution in [0.1, 0.15) is 26.7 Å². The van der Waals surface area contributed by atoms with Gasteiger partial charge in [0.1, 0.15) is 0 Å². The second-order valence-corrected chi connectivity index (χ2v) is 1.72. The Bertz CT molecular complexity index is 117. The Morgan fingerprint density at radius 1 is 1.44 bits per heavy atom. The first kappa shape index (κ1) is 8.14. The summed E-state index contributed by atoms with van der Waals surface area (Å²) >= 11 is 0. The van der Waals surface area contributed by atoms with Crippen molar-refractivity contribution >= 4 is 11.9 Å². The summed E-state index contributed by atoms with van der Waals surface area (Å²) in [4.78, 5) is 20.5. The predicted octanol–water partition coefficient (Wildman–Crippen LogP) is 0.876. The van der Waals surface area contributed by atoms with Crippen LogP contribution in [-0.2, 0) is 14.3 Å². The van der Waals surface area contributed by atoms with Crippen LogP contribution in [0, 0.1) is 0 Å². The van der Waals surface area contributed by atoms with E-state index in [0.29, 0.717) is 12.8 Å². The average Bonchev–Trinajstić information content (AvgIpc) is 1.63. The van der Waals surface area contributed by atoms with Gasteiger partial charge in [-0.25, -0.2) is 0 Å². The number of carbonyl (C=O) groups is 2. The van der Waals surface area contributed by atoms with Crippen molar-refractivity contribution in [3.8, 4) is 0 Å². The van der Waals surface area contributed by atoms with E-state index in [-0.39, 0.29) is 0 Å². The molecule has 0 aliphatic heterocycles.